The molecule has 0 aliphatic heterocycles. The predicted octanol–water partition coefficient (Wildman–Crippen LogP) is 1.72. The summed E-state index contributed by atoms with van der Waals surface area (Å²) < 4.78 is 23.3. The van der Waals surface area contributed by atoms with E-state index in [4.69, 9.17) is 5.14 Å². The van der Waals surface area contributed by atoms with E-state index in [2.05, 4.69) is 10.6 Å². The highest BCUT2D eigenvalue weighted by Gasteiger charge is 2.14. The van der Waals surface area contributed by atoms with Crippen LogP contribution in [0.2, 0.25) is 0 Å². The van der Waals surface area contributed by atoms with E-state index in [-0.39, 0.29) is 29.7 Å². The first-order valence-electron chi connectivity index (χ1n) is 7.57. The maximum Gasteiger partial charge on any atom is 0.252 e. The van der Waals surface area contributed by atoms with Crippen molar-refractivity contribution in [2.45, 2.75) is 24.7 Å². The van der Waals surface area contributed by atoms with Crippen molar-refractivity contribution < 1.29 is 18.0 Å². The number of carbonyl (C=O) groups is 2. The Morgan fingerprint density at radius 3 is 2.60 bits per heavy atom. The van der Waals surface area contributed by atoms with Crippen molar-refractivity contribution >= 4 is 38.9 Å². The maximum atomic E-state index is 12.0. The smallest absolute Gasteiger partial charge is 0.252 e. The number of hydrogen-bond acceptors (Lipinski definition) is 5. The molecule has 1 aromatic carbocycles. The molecule has 0 radical (unpaired) electrons. The third-order valence-electron chi connectivity index (χ3n) is 3.46. The first kappa shape index (κ1) is 19.1. The zero-order valence-corrected chi connectivity index (χ0v) is 15.2. The molecule has 4 N–H and O–H groups in total. The molecule has 0 saturated heterocycles. The van der Waals surface area contributed by atoms with Crippen molar-refractivity contribution in [1.82, 2.24) is 5.32 Å². The minimum atomic E-state index is -3.86. The second-order valence-corrected chi connectivity index (χ2v) is 7.60. The van der Waals surface area contributed by atoms with Gasteiger partial charge in [-0.2, -0.15) is 11.3 Å². The summed E-state index contributed by atoms with van der Waals surface area (Å²) in [4.78, 5) is 23.7. The number of nitrogens with two attached hydrogens (primary N) is 1. The van der Waals surface area contributed by atoms with Crippen LogP contribution in [-0.2, 0) is 21.2 Å². The SMILES string of the molecule is CCc1ccc(NC(=O)CCNC(=O)c2ccsc2)cc1S(N)(=O)=O. The van der Waals surface area contributed by atoms with Gasteiger partial charge >= 0.3 is 0 Å². The van der Waals surface area contributed by atoms with Crippen LogP contribution in [0.4, 0.5) is 5.69 Å². The fourth-order valence-corrected chi connectivity index (χ4v) is 3.70. The number of hydrogen-bond donors (Lipinski definition) is 3. The lowest BCUT2D eigenvalue weighted by molar-refractivity contribution is -0.116. The van der Waals surface area contributed by atoms with E-state index in [1.807, 2.05) is 6.92 Å². The minimum Gasteiger partial charge on any atom is -0.351 e. The Morgan fingerprint density at radius 2 is 2.00 bits per heavy atom. The summed E-state index contributed by atoms with van der Waals surface area (Å²) in [6.07, 6.45) is 0.574. The summed E-state index contributed by atoms with van der Waals surface area (Å²) in [6.45, 7) is 1.99. The molecule has 25 heavy (non-hydrogen) atoms. The lowest BCUT2D eigenvalue weighted by atomic mass is 10.1. The van der Waals surface area contributed by atoms with Gasteiger partial charge in [-0.25, -0.2) is 13.6 Å². The highest BCUT2D eigenvalue weighted by atomic mass is 32.2. The maximum absolute atomic E-state index is 12.0. The van der Waals surface area contributed by atoms with Gasteiger partial charge in [-0.1, -0.05) is 13.0 Å². The van der Waals surface area contributed by atoms with Gasteiger partial charge < -0.3 is 10.6 Å². The van der Waals surface area contributed by atoms with Crippen LogP contribution in [-0.4, -0.2) is 26.8 Å². The minimum absolute atomic E-state index is 0.00133. The average Bonchev–Trinajstić information content (AvgIpc) is 3.08. The molecule has 134 valence electrons. The number of anilines is 1. The first-order chi connectivity index (χ1) is 11.8. The van der Waals surface area contributed by atoms with E-state index < -0.39 is 10.0 Å². The Kier molecular flexibility index (Phi) is 6.29. The molecule has 0 fully saturated rings. The Bertz CT molecular complexity index is 862. The third kappa shape index (κ3) is 5.38. The molecule has 2 rings (SSSR count). The zero-order valence-electron chi connectivity index (χ0n) is 13.6. The fraction of sp³-hybridized carbons (Fsp3) is 0.250. The summed E-state index contributed by atoms with van der Waals surface area (Å²) in [7, 11) is -3.86. The molecule has 2 amide bonds. The van der Waals surface area contributed by atoms with Crippen LogP contribution in [0, 0.1) is 0 Å². The van der Waals surface area contributed by atoms with E-state index >= 15 is 0 Å². The number of benzene rings is 1. The number of rotatable bonds is 7. The van der Waals surface area contributed by atoms with Crippen LogP contribution in [0.5, 0.6) is 0 Å². The van der Waals surface area contributed by atoms with Gasteiger partial charge in [0, 0.05) is 29.6 Å². The number of primary sulfonamides is 1. The van der Waals surface area contributed by atoms with Gasteiger partial charge in [0.1, 0.15) is 0 Å². The summed E-state index contributed by atoms with van der Waals surface area (Å²) in [6, 6.07) is 6.28. The summed E-state index contributed by atoms with van der Waals surface area (Å²) in [5.74, 6) is -0.576. The van der Waals surface area contributed by atoms with Crippen LogP contribution in [0.3, 0.4) is 0 Å². The van der Waals surface area contributed by atoms with Gasteiger partial charge in [0.25, 0.3) is 5.91 Å². The van der Waals surface area contributed by atoms with Crippen molar-refractivity contribution in [1.29, 1.82) is 0 Å². The van der Waals surface area contributed by atoms with E-state index in [0.29, 0.717) is 23.2 Å². The standard InChI is InChI=1S/C16H19N3O4S2/c1-2-11-3-4-13(9-14(11)25(17,22)23)19-15(20)5-7-18-16(21)12-6-8-24-10-12/h3-4,6,8-10H,2,5,7H2,1H3,(H,18,21)(H,19,20)(H2,17,22,23). The molecular formula is C16H19N3O4S2. The number of thiophene rings is 1. The van der Waals surface area contributed by atoms with Crippen molar-refractivity contribution in [3.63, 3.8) is 0 Å². The Hall–Kier alpha value is -2.23. The van der Waals surface area contributed by atoms with Crippen LogP contribution >= 0.6 is 11.3 Å². The number of carbonyl (C=O) groups excluding carboxylic acids is 2. The molecule has 0 aliphatic rings. The van der Waals surface area contributed by atoms with E-state index in [9.17, 15) is 18.0 Å². The monoisotopic (exact) mass is 381 g/mol. The van der Waals surface area contributed by atoms with Gasteiger partial charge in [0.2, 0.25) is 15.9 Å². The van der Waals surface area contributed by atoms with Crippen molar-refractivity contribution in [2.24, 2.45) is 5.14 Å². The van der Waals surface area contributed by atoms with E-state index in [0.717, 1.165) is 0 Å². The lowest BCUT2D eigenvalue weighted by Gasteiger charge is -2.10. The predicted molar refractivity (Wildman–Crippen MR) is 97.1 cm³/mol. The van der Waals surface area contributed by atoms with Gasteiger partial charge in [0.15, 0.2) is 0 Å². The Balaban J connectivity index is 1.93. The Morgan fingerprint density at radius 1 is 1.24 bits per heavy atom. The van der Waals surface area contributed by atoms with E-state index in [1.165, 1.54) is 17.4 Å². The molecule has 9 heteroatoms. The third-order valence-corrected chi connectivity index (χ3v) is 5.14. The topological polar surface area (TPSA) is 118 Å². The molecule has 0 saturated carbocycles. The van der Waals surface area contributed by atoms with Gasteiger partial charge in [-0.15, -0.1) is 0 Å². The van der Waals surface area contributed by atoms with E-state index in [1.54, 1.807) is 29.0 Å². The normalized spacial score (nSPS) is 11.1. The molecule has 0 aliphatic carbocycles. The quantitative estimate of drug-likeness (QED) is 0.676. The second kappa shape index (κ2) is 8.24. The molecule has 0 bridgehead atoms. The number of aryl methyl sites for hydroxylation is 1. The van der Waals surface area contributed by atoms with Crippen LogP contribution in [0.1, 0.15) is 29.3 Å². The summed E-state index contributed by atoms with van der Waals surface area (Å²) >= 11 is 1.42. The Labute approximate surface area is 150 Å². The average molecular weight is 381 g/mol. The molecule has 1 heterocycles. The summed E-state index contributed by atoms with van der Waals surface area (Å²) in [5, 5.41) is 14.0. The zero-order chi connectivity index (χ0) is 18.4. The van der Waals surface area contributed by atoms with Crippen molar-refractivity contribution in [3.8, 4) is 0 Å². The summed E-state index contributed by atoms with van der Waals surface area (Å²) in [5.41, 5.74) is 1.48. The molecule has 7 nitrogen and oxygen atoms in total. The molecule has 0 atom stereocenters. The second-order valence-electron chi connectivity index (χ2n) is 5.29. The molecular weight excluding hydrogens is 362 g/mol. The largest absolute Gasteiger partial charge is 0.351 e. The molecule has 0 spiro atoms. The van der Waals surface area contributed by atoms with Crippen molar-refractivity contribution in [2.75, 3.05) is 11.9 Å². The lowest BCUT2D eigenvalue weighted by Crippen LogP contribution is -2.27. The number of amides is 2. The fourth-order valence-electron chi connectivity index (χ4n) is 2.20. The highest BCUT2D eigenvalue weighted by molar-refractivity contribution is 7.89. The van der Waals surface area contributed by atoms with Crippen LogP contribution in [0.15, 0.2) is 39.9 Å². The first-order valence-corrected chi connectivity index (χ1v) is 10.1. The van der Waals surface area contributed by atoms with Gasteiger partial charge in [-0.05, 0) is 35.6 Å². The number of nitrogens with one attached hydrogen (secondary N) is 2. The van der Waals surface area contributed by atoms with Crippen LogP contribution < -0.4 is 15.8 Å². The van der Waals surface area contributed by atoms with Crippen LogP contribution in [0.25, 0.3) is 0 Å². The molecule has 0 unspecified atom stereocenters. The van der Waals surface area contributed by atoms with Crippen molar-refractivity contribution in [3.05, 3.63) is 46.2 Å². The number of sulfonamides is 1. The van der Waals surface area contributed by atoms with Gasteiger partial charge in [0.05, 0.1) is 4.90 Å². The van der Waals surface area contributed by atoms with Gasteiger partial charge in [-0.3, -0.25) is 9.59 Å². The molecule has 1 aromatic heterocycles. The highest BCUT2D eigenvalue weighted by Crippen LogP contribution is 2.20. The molecule has 2 aromatic rings.